The molecular formula is C15H17N5OS2. The zero-order valence-corrected chi connectivity index (χ0v) is 14.4. The number of aromatic nitrogens is 5. The third-order valence-corrected chi connectivity index (χ3v) is 5.76. The minimum absolute atomic E-state index is 0.635. The van der Waals surface area contributed by atoms with E-state index >= 15 is 0 Å². The summed E-state index contributed by atoms with van der Waals surface area (Å²) in [7, 11) is 2.06. The molecule has 4 rings (SSSR count). The van der Waals surface area contributed by atoms with Crippen LogP contribution in [0.5, 0.6) is 0 Å². The quantitative estimate of drug-likeness (QED) is 0.481. The smallest absolute Gasteiger partial charge is 0.227 e. The molecule has 1 fully saturated rings. The summed E-state index contributed by atoms with van der Waals surface area (Å²) in [5, 5.41) is 15.6. The summed E-state index contributed by atoms with van der Waals surface area (Å²) in [6.45, 7) is 0. The summed E-state index contributed by atoms with van der Waals surface area (Å²) >= 11 is 3.36. The van der Waals surface area contributed by atoms with Crippen LogP contribution in [0.25, 0.3) is 10.7 Å². The Hall–Kier alpha value is -1.67. The molecule has 0 radical (unpaired) electrons. The van der Waals surface area contributed by atoms with E-state index in [9.17, 15) is 0 Å². The number of thiophene rings is 1. The first-order valence-corrected chi connectivity index (χ1v) is 9.56. The average Bonchev–Trinajstić information content (AvgIpc) is 2.97. The van der Waals surface area contributed by atoms with Crippen LogP contribution in [-0.2, 0) is 13.5 Å². The van der Waals surface area contributed by atoms with E-state index in [-0.39, 0.29) is 0 Å². The van der Waals surface area contributed by atoms with Gasteiger partial charge in [0.1, 0.15) is 5.82 Å². The summed E-state index contributed by atoms with van der Waals surface area (Å²) in [5.41, 5.74) is 0. The summed E-state index contributed by atoms with van der Waals surface area (Å²) in [6.07, 6.45) is 4.27. The molecule has 1 saturated carbocycles. The Morgan fingerprint density at radius 3 is 3.09 bits per heavy atom. The molecule has 0 aliphatic heterocycles. The number of nitrogens with zero attached hydrogens (tertiary/aromatic N) is 5. The third kappa shape index (κ3) is 3.32. The lowest BCUT2D eigenvalue weighted by Crippen LogP contribution is -1.97. The molecule has 23 heavy (non-hydrogen) atoms. The Morgan fingerprint density at radius 1 is 1.39 bits per heavy atom. The second kappa shape index (κ2) is 6.45. The van der Waals surface area contributed by atoms with E-state index in [4.69, 9.17) is 4.52 Å². The predicted molar refractivity (Wildman–Crippen MR) is 89.6 cm³/mol. The summed E-state index contributed by atoms with van der Waals surface area (Å²) in [5.74, 6) is 4.12. The minimum Gasteiger partial charge on any atom is -0.339 e. The van der Waals surface area contributed by atoms with Crippen LogP contribution in [0.1, 0.15) is 36.9 Å². The van der Waals surface area contributed by atoms with Crippen molar-refractivity contribution in [2.75, 3.05) is 5.75 Å². The molecular weight excluding hydrogens is 330 g/mol. The Balaban J connectivity index is 1.27. The van der Waals surface area contributed by atoms with Crippen molar-refractivity contribution >= 4 is 23.1 Å². The topological polar surface area (TPSA) is 69.6 Å². The molecule has 0 aromatic carbocycles. The highest BCUT2D eigenvalue weighted by atomic mass is 32.2. The molecule has 3 aromatic rings. The molecule has 0 N–H and O–H groups in total. The van der Waals surface area contributed by atoms with Crippen LogP contribution < -0.4 is 0 Å². The molecule has 3 aromatic heterocycles. The van der Waals surface area contributed by atoms with Gasteiger partial charge >= 0.3 is 0 Å². The van der Waals surface area contributed by atoms with Crippen LogP contribution in [-0.4, -0.2) is 30.7 Å². The molecule has 0 bridgehead atoms. The normalized spacial score (nSPS) is 14.5. The fourth-order valence-corrected chi connectivity index (χ4v) is 3.90. The van der Waals surface area contributed by atoms with Crippen molar-refractivity contribution in [3.8, 4) is 10.7 Å². The lowest BCUT2D eigenvalue weighted by atomic mass is 10.3. The van der Waals surface area contributed by atoms with Crippen LogP contribution in [0.15, 0.2) is 27.2 Å². The molecule has 6 nitrogen and oxygen atoms in total. The summed E-state index contributed by atoms with van der Waals surface area (Å²) in [6, 6.07) is 3.99. The first-order chi connectivity index (χ1) is 11.3. The molecule has 8 heteroatoms. The predicted octanol–water partition coefficient (Wildman–Crippen LogP) is 3.53. The average molecular weight is 347 g/mol. The van der Waals surface area contributed by atoms with Gasteiger partial charge in [-0.05, 0) is 30.7 Å². The van der Waals surface area contributed by atoms with Gasteiger partial charge in [0.2, 0.25) is 11.7 Å². The van der Waals surface area contributed by atoms with Crippen molar-refractivity contribution in [1.82, 2.24) is 24.9 Å². The maximum atomic E-state index is 5.31. The van der Waals surface area contributed by atoms with E-state index in [1.165, 1.54) is 12.8 Å². The monoisotopic (exact) mass is 347 g/mol. The second-order valence-electron chi connectivity index (χ2n) is 5.62. The van der Waals surface area contributed by atoms with E-state index in [1.54, 1.807) is 23.1 Å². The molecule has 0 saturated heterocycles. The SMILES string of the molecule is Cn1c(SCCCc2nc(-c3cccs3)no2)nnc1C1CC1. The van der Waals surface area contributed by atoms with E-state index in [0.717, 1.165) is 34.5 Å². The van der Waals surface area contributed by atoms with Gasteiger partial charge in [0.05, 0.1) is 4.88 Å². The number of aryl methyl sites for hydroxylation is 1. The Labute approximate surface area is 142 Å². The van der Waals surface area contributed by atoms with Crippen molar-refractivity contribution in [2.24, 2.45) is 7.05 Å². The summed E-state index contributed by atoms with van der Waals surface area (Å²) in [4.78, 5) is 5.48. The van der Waals surface area contributed by atoms with Gasteiger partial charge in [-0.1, -0.05) is 23.0 Å². The largest absolute Gasteiger partial charge is 0.339 e. The molecule has 0 spiro atoms. The number of hydrogen-bond acceptors (Lipinski definition) is 7. The number of rotatable bonds is 7. The van der Waals surface area contributed by atoms with Crippen molar-refractivity contribution in [3.63, 3.8) is 0 Å². The van der Waals surface area contributed by atoms with Crippen LogP contribution in [0.4, 0.5) is 0 Å². The first-order valence-electron chi connectivity index (χ1n) is 7.70. The van der Waals surface area contributed by atoms with Gasteiger partial charge < -0.3 is 9.09 Å². The lowest BCUT2D eigenvalue weighted by molar-refractivity contribution is 0.378. The highest BCUT2D eigenvalue weighted by Crippen LogP contribution is 2.39. The summed E-state index contributed by atoms with van der Waals surface area (Å²) < 4.78 is 7.44. The number of thioether (sulfide) groups is 1. The molecule has 0 unspecified atom stereocenters. The van der Waals surface area contributed by atoms with Crippen molar-refractivity contribution in [2.45, 2.75) is 36.8 Å². The zero-order chi connectivity index (χ0) is 15.6. The van der Waals surface area contributed by atoms with Crippen molar-refractivity contribution in [1.29, 1.82) is 0 Å². The van der Waals surface area contributed by atoms with Gasteiger partial charge in [0, 0.05) is 25.1 Å². The van der Waals surface area contributed by atoms with Gasteiger partial charge in [-0.3, -0.25) is 0 Å². The highest BCUT2D eigenvalue weighted by molar-refractivity contribution is 7.99. The van der Waals surface area contributed by atoms with E-state index in [0.29, 0.717) is 17.6 Å². The van der Waals surface area contributed by atoms with Gasteiger partial charge in [-0.2, -0.15) is 4.98 Å². The Morgan fingerprint density at radius 2 is 2.30 bits per heavy atom. The fourth-order valence-electron chi connectivity index (χ4n) is 2.40. The number of hydrogen-bond donors (Lipinski definition) is 0. The van der Waals surface area contributed by atoms with Crippen LogP contribution in [0.3, 0.4) is 0 Å². The molecule has 120 valence electrons. The maximum absolute atomic E-state index is 5.31. The standard InChI is InChI=1S/C15H17N5OS2/c1-20-14(10-6-7-10)17-18-15(20)23-9-3-5-12-16-13(19-21-12)11-4-2-8-22-11/h2,4,8,10H,3,5-7,9H2,1H3. The van der Waals surface area contributed by atoms with Crippen molar-refractivity contribution < 1.29 is 4.52 Å². The highest BCUT2D eigenvalue weighted by Gasteiger charge is 2.29. The fraction of sp³-hybridized carbons (Fsp3) is 0.467. The first kappa shape index (κ1) is 14.9. The Bertz CT molecular complexity index is 776. The lowest BCUT2D eigenvalue weighted by Gasteiger charge is -2.01. The van der Waals surface area contributed by atoms with Crippen LogP contribution in [0, 0.1) is 0 Å². The molecule has 0 atom stereocenters. The Kier molecular flexibility index (Phi) is 4.17. The van der Waals surface area contributed by atoms with E-state index < -0.39 is 0 Å². The van der Waals surface area contributed by atoms with Gasteiger partial charge in [0.15, 0.2) is 5.16 Å². The molecule has 1 aliphatic rings. The minimum atomic E-state index is 0.635. The molecule has 1 aliphatic carbocycles. The third-order valence-electron chi connectivity index (χ3n) is 3.79. The van der Waals surface area contributed by atoms with E-state index in [1.807, 2.05) is 17.5 Å². The second-order valence-corrected chi connectivity index (χ2v) is 7.62. The van der Waals surface area contributed by atoms with Gasteiger partial charge in [-0.15, -0.1) is 21.5 Å². The maximum Gasteiger partial charge on any atom is 0.227 e. The van der Waals surface area contributed by atoms with Crippen LogP contribution in [0.2, 0.25) is 0 Å². The van der Waals surface area contributed by atoms with Gasteiger partial charge in [0.25, 0.3) is 0 Å². The van der Waals surface area contributed by atoms with Crippen LogP contribution >= 0.6 is 23.1 Å². The van der Waals surface area contributed by atoms with E-state index in [2.05, 4.69) is 32.0 Å². The molecule has 0 amide bonds. The van der Waals surface area contributed by atoms with Gasteiger partial charge in [-0.25, -0.2) is 0 Å². The van der Waals surface area contributed by atoms with Crippen molar-refractivity contribution in [3.05, 3.63) is 29.2 Å². The molecule has 3 heterocycles. The zero-order valence-electron chi connectivity index (χ0n) is 12.8.